The Labute approximate surface area is 161 Å². The molecule has 140 valence electrons. The highest BCUT2D eigenvalue weighted by Gasteiger charge is 2.29. The van der Waals surface area contributed by atoms with Crippen LogP contribution in [0.2, 0.25) is 0 Å². The van der Waals surface area contributed by atoms with E-state index in [4.69, 9.17) is 0 Å². The average molecular weight is 361 g/mol. The molecule has 0 aromatic heterocycles. The van der Waals surface area contributed by atoms with Crippen molar-refractivity contribution in [3.8, 4) is 0 Å². The second-order valence-electron chi connectivity index (χ2n) is 7.49. The van der Waals surface area contributed by atoms with Crippen LogP contribution in [0.5, 0.6) is 0 Å². The van der Waals surface area contributed by atoms with Gasteiger partial charge in [0.1, 0.15) is 0 Å². The number of fused-ring (bicyclic) bond motifs is 1. The van der Waals surface area contributed by atoms with Gasteiger partial charge in [-0.2, -0.15) is 0 Å². The lowest BCUT2D eigenvalue weighted by molar-refractivity contribution is -0.114. The van der Waals surface area contributed by atoms with Crippen molar-refractivity contribution in [1.82, 2.24) is 0 Å². The van der Waals surface area contributed by atoms with Gasteiger partial charge in [0, 0.05) is 36.6 Å². The molecule has 4 heteroatoms. The van der Waals surface area contributed by atoms with Gasteiger partial charge in [-0.1, -0.05) is 12.1 Å². The summed E-state index contributed by atoms with van der Waals surface area (Å²) in [5.74, 6) is -0.0759. The summed E-state index contributed by atoms with van der Waals surface area (Å²) in [6, 6.07) is 14.0. The number of anilines is 2. The Hall–Kier alpha value is -2.88. The van der Waals surface area contributed by atoms with Gasteiger partial charge in [0.2, 0.25) is 5.91 Å². The smallest absolute Gasteiger partial charge is 0.221 e. The van der Waals surface area contributed by atoms with Crippen LogP contribution < -0.4 is 10.2 Å². The number of carbonyl (C=O) groups excluding carboxylic acids is 1. The number of hydrogen-bond acceptors (Lipinski definition) is 3. The molecule has 0 spiro atoms. The first-order chi connectivity index (χ1) is 12.8. The molecule has 1 aliphatic rings. The molecule has 0 radical (unpaired) electrons. The van der Waals surface area contributed by atoms with Gasteiger partial charge in [0.05, 0.1) is 11.2 Å². The molecule has 0 unspecified atom stereocenters. The highest BCUT2D eigenvalue weighted by molar-refractivity contribution is 5.90. The fraction of sp³-hybridized carbons (Fsp3) is 0.304. The first kappa shape index (κ1) is 18.9. The lowest BCUT2D eigenvalue weighted by Gasteiger charge is -2.42. The van der Waals surface area contributed by atoms with E-state index >= 15 is 0 Å². The number of aliphatic imine (C=N–C) groups is 1. The predicted octanol–water partition coefficient (Wildman–Crippen LogP) is 5.42. The van der Waals surface area contributed by atoms with E-state index in [0.717, 1.165) is 23.5 Å². The van der Waals surface area contributed by atoms with Crippen LogP contribution in [0.15, 0.2) is 53.5 Å². The molecule has 0 saturated carbocycles. The molecule has 0 fully saturated rings. The average Bonchev–Trinajstić information content (AvgIpc) is 2.60. The maximum Gasteiger partial charge on any atom is 0.221 e. The molecule has 4 nitrogen and oxygen atoms in total. The summed E-state index contributed by atoms with van der Waals surface area (Å²) >= 11 is 0. The highest BCUT2D eigenvalue weighted by atomic mass is 16.1. The number of nitrogens with zero attached hydrogens (tertiary/aromatic N) is 2. The third-order valence-corrected chi connectivity index (χ3v) is 4.87. The fourth-order valence-electron chi connectivity index (χ4n) is 3.74. The number of rotatable bonds is 4. The summed E-state index contributed by atoms with van der Waals surface area (Å²) in [5.41, 5.74) is 6.57. The van der Waals surface area contributed by atoms with Gasteiger partial charge in [-0.25, -0.2) is 0 Å². The Kier molecular flexibility index (Phi) is 5.17. The lowest BCUT2D eigenvalue weighted by atomic mass is 9.88. The topological polar surface area (TPSA) is 44.7 Å². The molecule has 27 heavy (non-hydrogen) atoms. The number of nitrogens with one attached hydrogen (secondary N) is 1. The van der Waals surface area contributed by atoms with Gasteiger partial charge < -0.3 is 10.2 Å². The van der Waals surface area contributed by atoms with Gasteiger partial charge in [-0.05, 0) is 75.2 Å². The zero-order chi connectivity index (χ0) is 19.6. The highest BCUT2D eigenvalue weighted by Crippen LogP contribution is 2.38. The quantitative estimate of drug-likeness (QED) is 0.739. The Balaban J connectivity index is 1.84. The van der Waals surface area contributed by atoms with Crippen molar-refractivity contribution in [1.29, 1.82) is 0 Å². The molecule has 0 bridgehead atoms. The molecule has 3 rings (SSSR count). The van der Waals surface area contributed by atoms with Gasteiger partial charge in [0.25, 0.3) is 0 Å². The van der Waals surface area contributed by atoms with E-state index in [0.29, 0.717) is 0 Å². The Morgan fingerprint density at radius 3 is 2.52 bits per heavy atom. The van der Waals surface area contributed by atoms with E-state index in [9.17, 15) is 4.79 Å². The second kappa shape index (κ2) is 7.39. The fourth-order valence-corrected chi connectivity index (χ4v) is 3.74. The van der Waals surface area contributed by atoms with E-state index in [1.807, 2.05) is 30.5 Å². The van der Waals surface area contributed by atoms with E-state index in [1.54, 1.807) is 0 Å². The van der Waals surface area contributed by atoms with Crippen molar-refractivity contribution < 1.29 is 4.79 Å². The van der Waals surface area contributed by atoms with Gasteiger partial charge >= 0.3 is 0 Å². The van der Waals surface area contributed by atoms with Crippen molar-refractivity contribution in [2.75, 3.05) is 16.8 Å². The van der Waals surface area contributed by atoms with Gasteiger partial charge in [0.15, 0.2) is 0 Å². The van der Waals surface area contributed by atoms with Crippen LogP contribution in [0.4, 0.5) is 17.1 Å². The summed E-state index contributed by atoms with van der Waals surface area (Å²) in [7, 11) is 0. The Morgan fingerprint density at radius 1 is 1.19 bits per heavy atom. The van der Waals surface area contributed by atoms with Crippen LogP contribution in [-0.2, 0) is 4.79 Å². The van der Waals surface area contributed by atoms with Crippen LogP contribution in [0.3, 0.4) is 0 Å². The summed E-state index contributed by atoms with van der Waals surface area (Å²) in [5, 5.41) is 2.76. The minimum absolute atomic E-state index is 0.0249. The van der Waals surface area contributed by atoms with Crippen molar-refractivity contribution >= 4 is 34.8 Å². The number of amides is 1. The molecule has 1 heterocycles. The van der Waals surface area contributed by atoms with Crippen molar-refractivity contribution in [2.24, 2.45) is 4.99 Å². The van der Waals surface area contributed by atoms with Crippen LogP contribution in [0, 0.1) is 0 Å². The van der Waals surface area contributed by atoms with Crippen molar-refractivity contribution in [3.05, 3.63) is 59.7 Å². The summed E-state index contributed by atoms with van der Waals surface area (Å²) in [6.07, 6.45) is 4.22. The summed E-state index contributed by atoms with van der Waals surface area (Å²) in [4.78, 5) is 18.1. The number of benzene rings is 2. The first-order valence-electron chi connectivity index (χ1n) is 9.33. The SMILES string of the molecule is CCN1c2ccc(C=Nc3ccc(NC(C)=O)cc3)cc2C(C)=CC1(C)C. The molecule has 0 atom stereocenters. The van der Waals surface area contributed by atoms with Crippen molar-refractivity contribution in [2.45, 2.75) is 40.2 Å². The molecular formula is C23H27N3O. The summed E-state index contributed by atoms with van der Waals surface area (Å²) in [6.45, 7) is 11.3. The Morgan fingerprint density at radius 2 is 1.89 bits per heavy atom. The van der Waals surface area contributed by atoms with Crippen LogP contribution >= 0.6 is 0 Å². The summed E-state index contributed by atoms with van der Waals surface area (Å²) < 4.78 is 0. The predicted molar refractivity (Wildman–Crippen MR) is 115 cm³/mol. The van der Waals surface area contributed by atoms with Gasteiger partial charge in [-0.15, -0.1) is 0 Å². The maximum absolute atomic E-state index is 11.1. The molecule has 2 aromatic carbocycles. The maximum atomic E-state index is 11.1. The lowest BCUT2D eigenvalue weighted by Crippen LogP contribution is -2.44. The van der Waals surface area contributed by atoms with E-state index in [1.165, 1.54) is 23.7 Å². The van der Waals surface area contributed by atoms with Gasteiger partial charge in [-0.3, -0.25) is 9.79 Å². The van der Waals surface area contributed by atoms with Crippen LogP contribution in [0.25, 0.3) is 5.57 Å². The van der Waals surface area contributed by atoms with Crippen LogP contribution in [0.1, 0.15) is 45.7 Å². The molecule has 0 saturated heterocycles. The zero-order valence-corrected chi connectivity index (χ0v) is 16.7. The largest absolute Gasteiger partial charge is 0.363 e. The second-order valence-corrected chi connectivity index (χ2v) is 7.49. The van der Waals surface area contributed by atoms with Crippen molar-refractivity contribution in [3.63, 3.8) is 0 Å². The molecular weight excluding hydrogens is 334 g/mol. The third kappa shape index (κ3) is 4.11. The van der Waals surface area contributed by atoms with Crippen LogP contribution in [-0.4, -0.2) is 24.2 Å². The first-order valence-corrected chi connectivity index (χ1v) is 9.33. The molecule has 1 amide bonds. The van der Waals surface area contributed by atoms with E-state index in [-0.39, 0.29) is 11.4 Å². The number of carbonyl (C=O) groups is 1. The number of allylic oxidation sites excluding steroid dienone is 1. The molecule has 1 aliphatic heterocycles. The molecule has 1 N–H and O–H groups in total. The Bertz CT molecular complexity index is 908. The normalized spacial score (nSPS) is 15.4. The van der Waals surface area contributed by atoms with E-state index in [2.05, 4.69) is 67.2 Å². The minimum atomic E-state index is -0.0759. The molecule has 2 aromatic rings. The minimum Gasteiger partial charge on any atom is -0.363 e. The number of hydrogen-bond donors (Lipinski definition) is 1. The number of likely N-dealkylation sites (N-methyl/N-ethyl adjacent to an activating group) is 1. The zero-order valence-electron chi connectivity index (χ0n) is 16.7. The standard InChI is InChI=1S/C23H27N3O/c1-6-26-22-12-7-18(13-21(22)16(2)14-23(26,4)5)15-24-19-8-10-20(11-9-19)25-17(3)27/h7-15H,6H2,1-5H3,(H,25,27). The van der Waals surface area contributed by atoms with E-state index < -0.39 is 0 Å². The molecule has 0 aliphatic carbocycles. The third-order valence-electron chi connectivity index (χ3n) is 4.87. The monoisotopic (exact) mass is 361 g/mol.